The lowest BCUT2D eigenvalue weighted by atomic mass is 9.92. The van der Waals surface area contributed by atoms with E-state index in [1.54, 1.807) is 18.5 Å². The van der Waals surface area contributed by atoms with Crippen molar-refractivity contribution in [1.29, 1.82) is 0 Å². The van der Waals surface area contributed by atoms with Gasteiger partial charge in [0.05, 0.1) is 24.7 Å². The van der Waals surface area contributed by atoms with Crippen molar-refractivity contribution in [2.45, 2.75) is 39.3 Å². The molecule has 0 saturated heterocycles. The van der Waals surface area contributed by atoms with E-state index in [1.165, 1.54) is 29.5 Å². The molecule has 5 rings (SSSR count). The van der Waals surface area contributed by atoms with Gasteiger partial charge >= 0.3 is 0 Å². The maximum absolute atomic E-state index is 6.09. The van der Waals surface area contributed by atoms with Crippen molar-refractivity contribution in [2.75, 3.05) is 31.7 Å². The van der Waals surface area contributed by atoms with E-state index in [-0.39, 0.29) is 12.4 Å². The van der Waals surface area contributed by atoms with Crippen molar-refractivity contribution in [3.8, 4) is 22.9 Å². The molecule has 0 atom stereocenters. The van der Waals surface area contributed by atoms with Crippen molar-refractivity contribution in [3.63, 3.8) is 0 Å². The average Bonchev–Trinajstić information content (AvgIpc) is 3.62. The van der Waals surface area contributed by atoms with E-state index < -0.39 is 0 Å². The summed E-state index contributed by atoms with van der Waals surface area (Å²) in [6.07, 6.45) is 6.84. The van der Waals surface area contributed by atoms with Crippen LogP contribution in [0.5, 0.6) is 11.6 Å². The first kappa shape index (κ1) is 21.5. The number of fused-ring (bicyclic) bond motifs is 1. The third-order valence-electron chi connectivity index (χ3n) is 6.32. The van der Waals surface area contributed by atoms with Gasteiger partial charge in [0.1, 0.15) is 18.2 Å². The number of nitrogen functional groups attached to an aromatic ring is 2. The quantitative estimate of drug-likeness (QED) is 0.568. The maximum Gasteiger partial charge on any atom is 0.258 e. The molecule has 1 aliphatic heterocycles. The van der Waals surface area contributed by atoms with E-state index in [0.29, 0.717) is 30.0 Å². The molecule has 33 heavy (non-hydrogen) atoms. The zero-order valence-corrected chi connectivity index (χ0v) is 19.2. The maximum atomic E-state index is 6.09. The molecule has 4 N–H and O–H groups in total. The molecule has 8 nitrogen and oxygen atoms in total. The van der Waals surface area contributed by atoms with Crippen LogP contribution in [0.2, 0.25) is 0 Å². The third-order valence-corrected chi connectivity index (χ3v) is 6.32. The number of nitrogens with two attached hydrogens (primary N) is 2. The zero-order chi connectivity index (χ0) is 22.9. The fourth-order valence-electron chi connectivity index (χ4n) is 4.22. The molecule has 172 valence electrons. The van der Waals surface area contributed by atoms with Crippen molar-refractivity contribution in [2.24, 2.45) is 5.92 Å². The van der Waals surface area contributed by atoms with Crippen LogP contribution in [0.25, 0.3) is 11.3 Å². The van der Waals surface area contributed by atoms with Crippen molar-refractivity contribution in [1.82, 2.24) is 19.9 Å². The van der Waals surface area contributed by atoms with Crippen LogP contribution in [0.15, 0.2) is 30.6 Å². The van der Waals surface area contributed by atoms with Gasteiger partial charge in [0.2, 0.25) is 0 Å². The van der Waals surface area contributed by atoms with Gasteiger partial charge in [0, 0.05) is 24.2 Å². The highest BCUT2D eigenvalue weighted by molar-refractivity contribution is 5.64. The van der Waals surface area contributed by atoms with E-state index >= 15 is 0 Å². The van der Waals surface area contributed by atoms with Gasteiger partial charge in [0.15, 0.2) is 5.82 Å². The molecule has 1 saturated carbocycles. The molecule has 1 aromatic carbocycles. The number of pyridine rings is 1. The average molecular weight is 447 g/mol. The lowest BCUT2D eigenvalue weighted by Gasteiger charge is -2.27. The summed E-state index contributed by atoms with van der Waals surface area (Å²) in [6, 6.07) is 6.13. The Labute approximate surface area is 194 Å². The summed E-state index contributed by atoms with van der Waals surface area (Å²) in [4.78, 5) is 15.5. The van der Waals surface area contributed by atoms with Crippen molar-refractivity contribution < 1.29 is 9.47 Å². The number of nitrogens with zero attached hydrogens (tertiary/aromatic N) is 4. The summed E-state index contributed by atoms with van der Waals surface area (Å²) in [5, 5.41) is 0. The Morgan fingerprint density at radius 3 is 2.76 bits per heavy atom. The molecule has 0 unspecified atom stereocenters. The minimum absolute atomic E-state index is 0.211. The number of benzene rings is 1. The number of aryl methyl sites for hydroxylation is 1. The van der Waals surface area contributed by atoms with Gasteiger partial charge in [-0.1, -0.05) is 0 Å². The van der Waals surface area contributed by atoms with Crippen LogP contribution < -0.4 is 20.9 Å². The van der Waals surface area contributed by atoms with E-state index in [4.69, 9.17) is 25.9 Å². The molecule has 3 aromatic rings. The van der Waals surface area contributed by atoms with Gasteiger partial charge in [-0.25, -0.2) is 15.0 Å². The highest BCUT2D eigenvalue weighted by atomic mass is 16.5. The summed E-state index contributed by atoms with van der Waals surface area (Å²) >= 11 is 0. The van der Waals surface area contributed by atoms with E-state index in [2.05, 4.69) is 41.0 Å². The molecular formula is C25H30N6O2. The monoisotopic (exact) mass is 446 g/mol. The van der Waals surface area contributed by atoms with Crippen LogP contribution in [-0.4, -0.2) is 40.1 Å². The van der Waals surface area contributed by atoms with Gasteiger partial charge in [-0.05, 0) is 74.0 Å². The largest absolute Gasteiger partial charge is 0.491 e. The van der Waals surface area contributed by atoms with Crippen molar-refractivity contribution in [3.05, 3.63) is 52.8 Å². The summed E-state index contributed by atoms with van der Waals surface area (Å²) in [5.74, 6) is 2.26. The molecule has 0 spiro atoms. The van der Waals surface area contributed by atoms with Gasteiger partial charge in [-0.15, -0.1) is 0 Å². The minimum atomic E-state index is 0.211. The van der Waals surface area contributed by atoms with Crippen LogP contribution in [0.1, 0.15) is 35.1 Å². The number of rotatable bonds is 7. The first-order chi connectivity index (χ1) is 16.0. The highest BCUT2D eigenvalue weighted by Crippen LogP contribution is 2.32. The summed E-state index contributed by atoms with van der Waals surface area (Å²) < 4.78 is 11.9. The van der Waals surface area contributed by atoms with E-state index in [9.17, 15) is 0 Å². The molecule has 2 aromatic heterocycles. The third kappa shape index (κ3) is 4.85. The molecule has 1 aliphatic carbocycles. The first-order valence-electron chi connectivity index (χ1n) is 11.4. The molecular weight excluding hydrogens is 416 g/mol. The Balaban J connectivity index is 1.37. The second-order valence-corrected chi connectivity index (χ2v) is 9.12. The second-order valence-electron chi connectivity index (χ2n) is 9.12. The number of hydrogen-bond acceptors (Lipinski definition) is 8. The highest BCUT2D eigenvalue weighted by Gasteiger charge is 2.23. The van der Waals surface area contributed by atoms with Gasteiger partial charge in [0.25, 0.3) is 5.88 Å². The molecule has 2 aliphatic rings. The number of likely N-dealkylation sites (N-methyl/N-ethyl adjacent to an activating group) is 1. The zero-order valence-electron chi connectivity index (χ0n) is 19.2. The molecule has 3 heterocycles. The Bertz CT molecular complexity index is 1180. The summed E-state index contributed by atoms with van der Waals surface area (Å²) in [5.41, 5.74) is 18.6. The SMILES string of the molecule is Cc1cc(-c2cnc(N)c(OCc3cc(N)ncc3OCC3CC3)n2)cc2c1CCN(C)C2. The Morgan fingerprint density at radius 2 is 1.94 bits per heavy atom. The number of anilines is 2. The first-order valence-corrected chi connectivity index (χ1v) is 11.4. The Hall–Kier alpha value is -3.39. The minimum Gasteiger partial charge on any atom is -0.491 e. The summed E-state index contributed by atoms with van der Waals surface area (Å²) in [7, 11) is 2.15. The van der Waals surface area contributed by atoms with E-state index in [0.717, 1.165) is 36.3 Å². The fourth-order valence-corrected chi connectivity index (χ4v) is 4.22. The van der Waals surface area contributed by atoms with Crippen LogP contribution in [-0.2, 0) is 19.6 Å². The van der Waals surface area contributed by atoms with Crippen LogP contribution in [0.3, 0.4) is 0 Å². The molecule has 1 fully saturated rings. The fraction of sp³-hybridized carbons (Fsp3) is 0.400. The van der Waals surface area contributed by atoms with Crippen LogP contribution in [0.4, 0.5) is 11.6 Å². The lowest BCUT2D eigenvalue weighted by molar-refractivity contribution is 0.266. The van der Waals surface area contributed by atoms with Crippen LogP contribution in [0, 0.1) is 12.8 Å². The smallest absolute Gasteiger partial charge is 0.258 e. The summed E-state index contributed by atoms with van der Waals surface area (Å²) in [6.45, 7) is 5.07. The number of ether oxygens (including phenoxy) is 2. The van der Waals surface area contributed by atoms with Gasteiger partial charge in [-0.3, -0.25) is 0 Å². The van der Waals surface area contributed by atoms with Crippen molar-refractivity contribution >= 4 is 11.6 Å². The Kier molecular flexibility index (Phi) is 5.76. The van der Waals surface area contributed by atoms with Gasteiger partial charge in [-0.2, -0.15) is 0 Å². The molecule has 8 heteroatoms. The van der Waals surface area contributed by atoms with Crippen LogP contribution >= 0.6 is 0 Å². The predicted molar refractivity (Wildman–Crippen MR) is 128 cm³/mol. The Morgan fingerprint density at radius 1 is 1.09 bits per heavy atom. The second kappa shape index (κ2) is 8.86. The predicted octanol–water partition coefficient (Wildman–Crippen LogP) is 3.37. The molecule has 0 amide bonds. The molecule has 0 radical (unpaired) electrons. The topological polar surface area (TPSA) is 112 Å². The standard InChI is InChI=1S/C25H30N6O2/c1-15-7-17(8-18-12-31(2)6-5-20(15)18)21-10-29-24(27)25(30-21)33-14-19-9-23(26)28-11-22(19)32-13-16-3-4-16/h7-11,16H,3-6,12-14H2,1-2H3,(H2,26,28)(H2,27,29). The number of hydrogen-bond donors (Lipinski definition) is 2. The van der Waals surface area contributed by atoms with Gasteiger partial charge < -0.3 is 25.8 Å². The normalized spacial score (nSPS) is 15.8. The number of aromatic nitrogens is 3. The lowest BCUT2D eigenvalue weighted by Crippen LogP contribution is -2.27. The molecule has 0 bridgehead atoms. The van der Waals surface area contributed by atoms with E-state index in [1.807, 2.05) is 0 Å².